The fraction of sp³-hybridized carbons (Fsp3) is 0.348. The molecule has 33 heavy (non-hydrogen) atoms. The van der Waals surface area contributed by atoms with Gasteiger partial charge in [-0.15, -0.1) is 0 Å². The van der Waals surface area contributed by atoms with Crippen LogP contribution in [0, 0.1) is 5.92 Å². The van der Waals surface area contributed by atoms with Crippen molar-refractivity contribution in [2.75, 3.05) is 0 Å². The fourth-order valence-corrected chi connectivity index (χ4v) is 3.11. The average Bonchev–Trinajstić information content (AvgIpc) is 2.75. The molecular weight excluding hydrogens is 439 g/mol. The number of carbonyl (C=O) groups is 3. The van der Waals surface area contributed by atoms with Gasteiger partial charge in [-0.25, -0.2) is 4.79 Å². The molecular formula is C23H26F3N3O4. The van der Waals surface area contributed by atoms with E-state index in [9.17, 15) is 27.6 Å². The lowest BCUT2D eigenvalue weighted by molar-refractivity contribution is -0.138. The molecule has 0 heterocycles. The van der Waals surface area contributed by atoms with E-state index in [1.54, 1.807) is 38.1 Å². The second kappa shape index (κ2) is 11.3. The third-order valence-electron chi connectivity index (χ3n) is 4.84. The zero-order chi connectivity index (χ0) is 24.6. The van der Waals surface area contributed by atoms with Gasteiger partial charge in [0.15, 0.2) is 0 Å². The molecule has 178 valence electrons. The van der Waals surface area contributed by atoms with Gasteiger partial charge in [-0.1, -0.05) is 62.4 Å². The van der Waals surface area contributed by atoms with Crippen LogP contribution in [0.2, 0.25) is 0 Å². The maximum atomic E-state index is 13.3. The molecule has 0 saturated heterocycles. The summed E-state index contributed by atoms with van der Waals surface area (Å²) in [7, 11) is 0. The zero-order valence-corrected chi connectivity index (χ0v) is 18.2. The van der Waals surface area contributed by atoms with E-state index in [-0.39, 0.29) is 12.2 Å². The number of halogens is 3. The molecule has 0 aromatic heterocycles. The minimum absolute atomic E-state index is 0.0166. The number of hydrogen-bond donors (Lipinski definition) is 3. The lowest BCUT2D eigenvalue weighted by Gasteiger charge is -2.24. The van der Waals surface area contributed by atoms with Crippen LogP contribution in [-0.2, 0) is 33.5 Å². The molecule has 0 spiro atoms. The summed E-state index contributed by atoms with van der Waals surface area (Å²) < 4.78 is 44.9. The lowest BCUT2D eigenvalue weighted by Crippen LogP contribution is -2.55. The van der Waals surface area contributed by atoms with E-state index in [0.717, 1.165) is 11.6 Å². The molecule has 3 amide bonds. The number of amides is 3. The van der Waals surface area contributed by atoms with Crippen LogP contribution in [0.25, 0.3) is 0 Å². The molecule has 2 aromatic carbocycles. The summed E-state index contributed by atoms with van der Waals surface area (Å²) >= 11 is 0. The van der Waals surface area contributed by atoms with Crippen LogP contribution >= 0.6 is 0 Å². The van der Waals surface area contributed by atoms with Crippen LogP contribution in [0.4, 0.5) is 18.0 Å². The van der Waals surface area contributed by atoms with Gasteiger partial charge in [0, 0.05) is 6.42 Å². The molecule has 0 aliphatic carbocycles. The minimum atomic E-state index is -4.63. The number of carbonyl (C=O) groups excluding carboxylic acids is 3. The van der Waals surface area contributed by atoms with Gasteiger partial charge in [0.1, 0.15) is 18.7 Å². The summed E-state index contributed by atoms with van der Waals surface area (Å²) in [5, 5.41) is 4.78. The lowest BCUT2D eigenvalue weighted by atomic mass is 9.98. The summed E-state index contributed by atoms with van der Waals surface area (Å²) in [4.78, 5) is 36.8. The number of alkyl halides is 3. The number of alkyl carbamates (subject to hydrolysis) is 1. The zero-order valence-electron chi connectivity index (χ0n) is 18.2. The molecule has 0 unspecified atom stereocenters. The molecule has 0 aliphatic heterocycles. The van der Waals surface area contributed by atoms with Gasteiger partial charge in [-0.3, -0.25) is 9.59 Å². The van der Waals surface area contributed by atoms with E-state index in [1.165, 1.54) is 18.2 Å². The van der Waals surface area contributed by atoms with E-state index < -0.39 is 54.1 Å². The van der Waals surface area contributed by atoms with Crippen molar-refractivity contribution in [1.82, 2.24) is 10.6 Å². The van der Waals surface area contributed by atoms with E-state index in [1.807, 2.05) is 6.07 Å². The smallest absolute Gasteiger partial charge is 0.416 e. The van der Waals surface area contributed by atoms with Crippen LogP contribution in [0.1, 0.15) is 30.5 Å². The van der Waals surface area contributed by atoms with E-state index in [0.29, 0.717) is 0 Å². The number of nitrogens with one attached hydrogen (secondary N) is 2. The van der Waals surface area contributed by atoms with Crippen LogP contribution in [-0.4, -0.2) is 30.0 Å². The Morgan fingerprint density at radius 3 is 2.15 bits per heavy atom. The summed E-state index contributed by atoms with van der Waals surface area (Å²) in [5.41, 5.74) is 4.97. The Morgan fingerprint density at radius 2 is 1.58 bits per heavy atom. The molecule has 7 nitrogen and oxygen atoms in total. The molecule has 0 fully saturated rings. The SMILES string of the molecule is CC(C)[C@@H](NC(=O)OCc1ccccc1)C(=O)N[C@H](Cc1ccccc1C(F)(F)F)C(N)=O. The third-order valence-corrected chi connectivity index (χ3v) is 4.84. The molecule has 0 bridgehead atoms. The van der Waals surface area contributed by atoms with Crippen LogP contribution in [0.5, 0.6) is 0 Å². The molecule has 0 radical (unpaired) electrons. The quantitative estimate of drug-likeness (QED) is 0.528. The molecule has 0 aliphatic rings. The Hall–Kier alpha value is -3.56. The topological polar surface area (TPSA) is 111 Å². The first-order valence-electron chi connectivity index (χ1n) is 10.2. The Labute approximate surface area is 189 Å². The number of ether oxygens (including phenoxy) is 1. The van der Waals surface area contributed by atoms with Crippen molar-refractivity contribution in [2.24, 2.45) is 11.7 Å². The summed E-state index contributed by atoms with van der Waals surface area (Å²) in [6.07, 6.45) is -5.95. The first-order chi connectivity index (χ1) is 15.5. The van der Waals surface area contributed by atoms with Crippen molar-refractivity contribution in [2.45, 2.75) is 45.1 Å². The first kappa shape index (κ1) is 25.7. The molecule has 4 N–H and O–H groups in total. The maximum Gasteiger partial charge on any atom is 0.416 e. The van der Waals surface area contributed by atoms with Gasteiger partial charge in [0.25, 0.3) is 0 Å². The fourth-order valence-electron chi connectivity index (χ4n) is 3.11. The van der Waals surface area contributed by atoms with Crippen molar-refractivity contribution >= 4 is 17.9 Å². The highest BCUT2D eigenvalue weighted by atomic mass is 19.4. The summed E-state index contributed by atoms with van der Waals surface area (Å²) in [6, 6.07) is 11.1. The minimum Gasteiger partial charge on any atom is -0.445 e. The molecule has 0 saturated carbocycles. The van der Waals surface area contributed by atoms with Crippen molar-refractivity contribution < 1.29 is 32.3 Å². The number of rotatable bonds is 9. The van der Waals surface area contributed by atoms with Gasteiger partial charge < -0.3 is 21.1 Å². The maximum absolute atomic E-state index is 13.3. The molecule has 10 heteroatoms. The Bertz CT molecular complexity index is 965. The van der Waals surface area contributed by atoms with Gasteiger partial charge >= 0.3 is 12.3 Å². The number of primary amides is 1. The average molecular weight is 465 g/mol. The van der Waals surface area contributed by atoms with Gasteiger partial charge in [0.2, 0.25) is 11.8 Å². The highest BCUT2D eigenvalue weighted by Gasteiger charge is 2.35. The highest BCUT2D eigenvalue weighted by Crippen LogP contribution is 2.32. The number of nitrogens with two attached hydrogens (primary N) is 1. The van der Waals surface area contributed by atoms with Crippen molar-refractivity contribution in [3.8, 4) is 0 Å². The second-order valence-corrected chi connectivity index (χ2v) is 7.75. The predicted molar refractivity (Wildman–Crippen MR) is 115 cm³/mol. The highest BCUT2D eigenvalue weighted by molar-refractivity contribution is 5.91. The van der Waals surface area contributed by atoms with E-state index in [2.05, 4.69) is 10.6 Å². The third kappa shape index (κ3) is 7.81. The van der Waals surface area contributed by atoms with E-state index >= 15 is 0 Å². The van der Waals surface area contributed by atoms with Crippen LogP contribution < -0.4 is 16.4 Å². The van der Waals surface area contributed by atoms with Crippen molar-refractivity contribution in [1.29, 1.82) is 0 Å². The van der Waals surface area contributed by atoms with Crippen molar-refractivity contribution in [3.63, 3.8) is 0 Å². The normalized spacial score (nSPS) is 13.2. The van der Waals surface area contributed by atoms with Gasteiger partial charge in [-0.2, -0.15) is 13.2 Å². The summed E-state index contributed by atoms with van der Waals surface area (Å²) in [5.74, 6) is -2.19. The Kier molecular flexibility index (Phi) is 8.84. The van der Waals surface area contributed by atoms with Gasteiger partial charge in [0.05, 0.1) is 5.56 Å². The Morgan fingerprint density at radius 1 is 0.970 bits per heavy atom. The monoisotopic (exact) mass is 465 g/mol. The Balaban J connectivity index is 2.07. The largest absolute Gasteiger partial charge is 0.445 e. The number of benzene rings is 2. The molecule has 2 rings (SSSR count). The molecule has 2 aromatic rings. The molecule has 2 atom stereocenters. The van der Waals surface area contributed by atoms with Crippen molar-refractivity contribution in [3.05, 3.63) is 71.3 Å². The van der Waals surface area contributed by atoms with Crippen LogP contribution in [0.3, 0.4) is 0 Å². The predicted octanol–water partition coefficient (Wildman–Crippen LogP) is 3.17. The second-order valence-electron chi connectivity index (χ2n) is 7.75. The van der Waals surface area contributed by atoms with Crippen LogP contribution in [0.15, 0.2) is 54.6 Å². The first-order valence-corrected chi connectivity index (χ1v) is 10.2. The van der Waals surface area contributed by atoms with Gasteiger partial charge in [-0.05, 0) is 23.1 Å². The summed E-state index contributed by atoms with van der Waals surface area (Å²) in [6.45, 7) is 3.29. The number of hydrogen-bond acceptors (Lipinski definition) is 4. The standard InChI is InChI=1S/C23H26F3N3O4/c1-14(2)19(29-22(32)33-13-15-8-4-3-5-9-15)21(31)28-18(20(27)30)12-16-10-6-7-11-17(16)23(24,25)26/h3-11,14,18-19H,12-13H2,1-2H3,(H2,27,30)(H,28,31)(H,29,32)/t18-,19-/m1/s1. The van der Waals surface area contributed by atoms with E-state index in [4.69, 9.17) is 10.5 Å².